The van der Waals surface area contributed by atoms with Crippen molar-refractivity contribution in [3.63, 3.8) is 0 Å². The van der Waals surface area contributed by atoms with Crippen LogP contribution in [0.4, 0.5) is 5.95 Å². The number of aryl methyl sites for hydroxylation is 1. The number of imidazole rings is 1. The Morgan fingerprint density at radius 3 is 2.73 bits per heavy atom. The Balaban J connectivity index is 2.95. The Morgan fingerprint density at radius 1 is 1.47 bits per heavy atom. The second-order valence-corrected chi connectivity index (χ2v) is 3.74. The first-order chi connectivity index (χ1) is 7.02. The van der Waals surface area contributed by atoms with Gasteiger partial charge in [0.1, 0.15) is 5.52 Å². The van der Waals surface area contributed by atoms with Crippen LogP contribution in [0.1, 0.15) is 19.9 Å². The first-order valence-electron chi connectivity index (χ1n) is 4.72. The molecule has 6 heteroatoms. The standard InChI is InChI=1S/C9H13N5O/c1-5(2)14-7-6(13(3)9(14)15)4-11-8(10)12-7/h4-5H,1-3H3,(H2,10,11,12). The van der Waals surface area contributed by atoms with Gasteiger partial charge in [0.2, 0.25) is 5.95 Å². The molecule has 6 nitrogen and oxygen atoms in total. The Labute approximate surface area is 86.4 Å². The topological polar surface area (TPSA) is 78.7 Å². The van der Waals surface area contributed by atoms with Gasteiger partial charge >= 0.3 is 5.69 Å². The summed E-state index contributed by atoms with van der Waals surface area (Å²) >= 11 is 0. The van der Waals surface area contributed by atoms with Crippen molar-refractivity contribution in [2.75, 3.05) is 5.73 Å². The van der Waals surface area contributed by atoms with Gasteiger partial charge in [-0.3, -0.25) is 9.13 Å². The molecule has 2 N–H and O–H groups in total. The largest absolute Gasteiger partial charge is 0.368 e. The SMILES string of the molecule is CC(C)n1c(=O)n(C)c2cnc(N)nc21. The van der Waals surface area contributed by atoms with Crippen LogP contribution in [0.2, 0.25) is 0 Å². The van der Waals surface area contributed by atoms with Crippen LogP contribution in [0.25, 0.3) is 11.2 Å². The molecule has 0 radical (unpaired) electrons. The monoisotopic (exact) mass is 207 g/mol. The molecule has 2 heterocycles. The van der Waals surface area contributed by atoms with Crippen LogP contribution in [-0.4, -0.2) is 19.1 Å². The fraction of sp³-hybridized carbons (Fsp3) is 0.444. The molecule has 0 saturated heterocycles. The van der Waals surface area contributed by atoms with Crippen molar-refractivity contribution in [2.45, 2.75) is 19.9 Å². The molecule has 2 aromatic rings. The van der Waals surface area contributed by atoms with E-state index in [0.29, 0.717) is 11.2 Å². The minimum absolute atomic E-state index is 0.0514. The highest BCUT2D eigenvalue weighted by Crippen LogP contribution is 2.13. The summed E-state index contributed by atoms with van der Waals surface area (Å²) in [5.41, 5.74) is 6.69. The summed E-state index contributed by atoms with van der Waals surface area (Å²) in [5.74, 6) is 0.183. The zero-order chi connectivity index (χ0) is 11.2. The lowest BCUT2D eigenvalue weighted by Gasteiger charge is -2.05. The predicted molar refractivity (Wildman–Crippen MR) is 57.6 cm³/mol. The maximum atomic E-state index is 11.9. The molecule has 0 saturated carbocycles. The molecule has 0 aliphatic heterocycles. The van der Waals surface area contributed by atoms with E-state index in [1.165, 1.54) is 4.57 Å². The molecule has 2 aromatic heterocycles. The third-order valence-electron chi connectivity index (χ3n) is 2.37. The van der Waals surface area contributed by atoms with Crippen LogP contribution in [0, 0.1) is 0 Å². The van der Waals surface area contributed by atoms with Crippen LogP contribution in [0.15, 0.2) is 11.0 Å². The summed E-state index contributed by atoms with van der Waals surface area (Å²) in [7, 11) is 1.70. The van der Waals surface area contributed by atoms with Gasteiger partial charge < -0.3 is 5.73 Å². The van der Waals surface area contributed by atoms with Gasteiger partial charge in [0.05, 0.1) is 6.20 Å². The molecule has 0 unspecified atom stereocenters. The van der Waals surface area contributed by atoms with E-state index in [9.17, 15) is 4.79 Å². The van der Waals surface area contributed by atoms with E-state index < -0.39 is 0 Å². The molecule has 0 atom stereocenters. The maximum absolute atomic E-state index is 11.9. The van der Waals surface area contributed by atoms with Gasteiger partial charge in [-0.2, -0.15) is 4.98 Å². The highest BCUT2D eigenvalue weighted by atomic mass is 16.1. The lowest BCUT2D eigenvalue weighted by Crippen LogP contribution is -2.23. The van der Waals surface area contributed by atoms with E-state index in [4.69, 9.17) is 5.73 Å². The summed E-state index contributed by atoms with van der Waals surface area (Å²) in [4.78, 5) is 19.8. The van der Waals surface area contributed by atoms with Gasteiger partial charge in [-0.15, -0.1) is 0 Å². The third-order valence-corrected chi connectivity index (χ3v) is 2.37. The number of hydrogen-bond donors (Lipinski definition) is 1. The van der Waals surface area contributed by atoms with Gasteiger partial charge in [-0.25, -0.2) is 9.78 Å². The number of anilines is 1. The van der Waals surface area contributed by atoms with Crippen molar-refractivity contribution in [3.05, 3.63) is 16.7 Å². The zero-order valence-electron chi connectivity index (χ0n) is 8.93. The molecule has 15 heavy (non-hydrogen) atoms. The summed E-state index contributed by atoms with van der Waals surface area (Å²) in [6.07, 6.45) is 1.57. The first kappa shape index (κ1) is 9.70. The normalized spacial score (nSPS) is 11.5. The van der Waals surface area contributed by atoms with Crippen LogP contribution in [0.3, 0.4) is 0 Å². The fourth-order valence-electron chi connectivity index (χ4n) is 1.61. The molecular formula is C9H13N5O. The third kappa shape index (κ3) is 1.29. The van der Waals surface area contributed by atoms with Crippen molar-refractivity contribution in [1.29, 1.82) is 0 Å². The molecule has 0 bridgehead atoms. The number of fused-ring (bicyclic) bond motifs is 1. The number of hydrogen-bond acceptors (Lipinski definition) is 4. The predicted octanol–water partition coefficient (Wildman–Crippen LogP) is 0.293. The van der Waals surface area contributed by atoms with Crippen LogP contribution >= 0.6 is 0 Å². The highest BCUT2D eigenvalue weighted by Gasteiger charge is 2.14. The van der Waals surface area contributed by atoms with Crippen molar-refractivity contribution in [3.8, 4) is 0 Å². The van der Waals surface area contributed by atoms with Crippen LogP contribution < -0.4 is 11.4 Å². The second-order valence-electron chi connectivity index (χ2n) is 3.74. The van der Waals surface area contributed by atoms with Crippen molar-refractivity contribution in [1.82, 2.24) is 19.1 Å². The Bertz CT molecular complexity index is 566. The number of rotatable bonds is 1. The molecule has 0 amide bonds. The smallest absolute Gasteiger partial charge is 0.330 e. The van der Waals surface area contributed by atoms with Gasteiger partial charge in [-0.1, -0.05) is 0 Å². The van der Waals surface area contributed by atoms with Crippen molar-refractivity contribution in [2.24, 2.45) is 7.05 Å². The van der Waals surface area contributed by atoms with Gasteiger partial charge in [-0.05, 0) is 13.8 Å². The molecule has 0 aliphatic carbocycles. The minimum Gasteiger partial charge on any atom is -0.368 e. The molecule has 2 rings (SSSR count). The van der Waals surface area contributed by atoms with E-state index in [1.54, 1.807) is 17.8 Å². The van der Waals surface area contributed by atoms with E-state index in [-0.39, 0.29) is 17.7 Å². The fourth-order valence-corrected chi connectivity index (χ4v) is 1.61. The van der Waals surface area contributed by atoms with E-state index in [1.807, 2.05) is 13.8 Å². The molecule has 0 aromatic carbocycles. The molecular weight excluding hydrogens is 194 g/mol. The quantitative estimate of drug-likeness (QED) is 0.729. The number of aromatic nitrogens is 4. The summed E-state index contributed by atoms with van der Waals surface area (Å²) in [6.45, 7) is 3.86. The zero-order valence-corrected chi connectivity index (χ0v) is 8.93. The first-order valence-corrected chi connectivity index (χ1v) is 4.72. The van der Waals surface area contributed by atoms with Gasteiger partial charge in [0.25, 0.3) is 0 Å². The Hall–Kier alpha value is -1.85. The second kappa shape index (κ2) is 3.08. The number of nitrogens with two attached hydrogens (primary N) is 1. The number of nitrogen functional groups attached to an aromatic ring is 1. The maximum Gasteiger partial charge on any atom is 0.330 e. The van der Waals surface area contributed by atoms with E-state index in [0.717, 1.165) is 0 Å². The van der Waals surface area contributed by atoms with Crippen molar-refractivity contribution >= 4 is 17.1 Å². The summed E-state index contributed by atoms with van der Waals surface area (Å²) in [5, 5.41) is 0. The Kier molecular flexibility index (Phi) is 1.99. The summed E-state index contributed by atoms with van der Waals surface area (Å²) in [6, 6.07) is 0.0514. The molecule has 0 spiro atoms. The van der Waals surface area contributed by atoms with Crippen LogP contribution in [0.5, 0.6) is 0 Å². The molecule has 0 aliphatic rings. The van der Waals surface area contributed by atoms with Crippen molar-refractivity contribution < 1.29 is 0 Å². The Morgan fingerprint density at radius 2 is 2.13 bits per heavy atom. The van der Waals surface area contributed by atoms with Gasteiger partial charge in [0, 0.05) is 13.1 Å². The van der Waals surface area contributed by atoms with Gasteiger partial charge in [0.15, 0.2) is 5.65 Å². The van der Waals surface area contributed by atoms with E-state index >= 15 is 0 Å². The summed E-state index contributed by atoms with van der Waals surface area (Å²) < 4.78 is 3.13. The van der Waals surface area contributed by atoms with E-state index in [2.05, 4.69) is 9.97 Å². The minimum atomic E-state index is -0.0973. The average Bonchev–Trinajstić information content (AvgIpc) is 2.39. The number of nitrogens with zero attached hydrogens (tertiary/aromatic N) is 4. The molecule has 0 fully saturated rings. The molecule has 80 valence electrons. The lowest BCUT2D eigenvalue weighted by molar-refractivity contribution is 0.579. The average molecular weight is 207 g/mol. The lowest BCUT2D eigenvalue weighted by atomic mass is 10.4. The van der Waals surface area contributed by atoms with Crippen LogP contribution in [-0.2, 0) is 7.05 Å². The highest BCUT2D eigenvalue weighted by molar-refractivity contribution is 5.71.